The summed E-state index contributed by atoms with van der Waals surface area (Å²) in [5.74, 6) is -4.14. The van der Waals surface area contributed by atoms with Crippen LogP contribution < -0.4 is 15.0 Å². The third kappa shape index (κ3) is 3.69. The number of nitrogens with one attached hydrogen (secondary N) is 1. The number of carbonyl (C=O) groups is 3. The number of imide groups is 1. The van der Waals surface area contributed by atoms with E-state index in [1.165, 1.54) is 13.2 Å². The van der Waals surface area contributed by atoms with E-state index < -0.39 is 41.2 Å². The number of carboxylic acids is 1. The predicted molar refractivity (Wildman–Crippen MR) is 124 cm³/mol. The number of aromatic hydroxyl groups is 1. The van der Waals surface area contributed by atoms with Gasteiger partial charge in [0.25, 0.3) is 0 Å². The van der Waals surface area contributed by atoms with E-state index in [2.05, 4.69) is 21.2 Å². The molecule has 0 aromatic heterocycles. The summed E-state index contributed by atoms with van der Waals surface area (Å²) in [6.07, 6.45) is 0.137. The summed E-state index contributed by atoms with van der Waals surface area (Å²) < 4.78 is 6.06. The van der Waals surface area contributed by atoms with Gasteiger partial charge in [-0.3, -0.25) is 19.7 Å². The highest BCUT2D eigenvalue weighted by Crippen LogP contribution is 2.53. The Kier molecular flexibility index (Phi) is 5.96. The summed E-state index contributed by atoms with van der Waals surface area (Å²) in [6, 6.07) is 10.4. The van der Waals surface area contributed by atoms with Crippen LogP contribution in [0.4, 0.5) is 5.69 Å². The Bertz CT molecular complexity index is 1120. The van der Waals surface area contributed by atoms with Gasteiger partial charge in [0.15, 0.2) is 0 Å². The molecule has 2 amide bonds. The molecule has 0 radical (unpaired) electrons. The molecule has 4 atom stereocenters. The fraction of sp³-hybridized carbons (Fsp3) is 0.375. The molecule has 2 heterocycles. The standard InChI is InChI=1S/C24H25BrN2O6/c1-12(2)11-24(23(31)32)19-18(20(26-24)16-10-15(33-3)8-9-17(16)28)21(29)27(22(19)30)14-6-4-13(25)5-7-14/h4-10,12,18-20,26,28H,11H2,1-3H3,(H,31,32)/t18-,19+,20+,24+/m1/s1. The zero-order chi connectivity index (χ0) is 24.1. The first kappa shape index (κ1) is 23.3. The van der Waals surface area contributed by atoms with Crippen molar-refractivity contribution in [3.8, 4) is 11.5 Å². The molecule has 8 nitrogen and oxygen atoms in total. The van der Waals surface area contributed by atoms with Gasteiger partial charge in [-0.1, -0.05) is 29.8 Å². The number of nitrogens with zero attached hydrogens (tertiary/aromatic N) is 1. The number of halogens is 1. The average Bonchev–Trinajstić information content (AvgIpc) is 3.23. The number of methoxy groups -OCH3 is 1. The minimum Gasteiger partial charge on any atom is -0.508 e. The third-order valence-electron chi connectivity index (χ3n) is 6.42. The zero-order valence-corrected chi connectivity index (χ0v) is 20.0. The molecule has 4 rings (SSSR count). The number of phenols is 1. The van der Waals surface area contributed by atoms with Gasteiger partial charge in [0.2, 0.25) is 11.8 Å². The topological polar surface area (TPSA) is 116 Å². The van der Waals surface area contributed by atoms with Crippen molar-refractivity contribution in [3.05, 3.63) is 52.5 Å². The van der Waals surface area contributed by atoms with Crippen LogP contribution in [0.15, 0.2) is 46.9 Å². The highest BCUT2D eigenvalue weighted by Gasteiger charge is 2.68. The van der Waals surface area contributed by atoms with Gasteiger partial charge in [-0.15, -0.1) is 0 Å². The van der Waals surface area contributed by atoms with Crippen molar-refractivity contribution < 1.29 is 29.3 Å². The van der Waals surface area contributed by atoms with E-state index in [1.807, 2.05) is 13.8 Å². The van der Waals surface area contributed by atoms with Crippen molar-refractivity contribution in [3.63, 3.8) is 0 Å². The lowest BCUT2D eigenvalue weighted by Gasteiger charge is -2.32. The van der Waals surface area contributed by atoms with Crippen LogP contribution in [0.3, 0.4) is 0 Å². The number of phenolic OH excluding ortho intramolecular Hbond substituents is 1. The average molecular weight is 517 g/mol. The first-order valence-electron chi connectivity index (χ1n) is 10.6. The molecule has 3 N–H and O–H groups in total. The molecular formula is C24H25BrN2O6. The number of carboxylic acid groups (broad SMARTS) is 1. The molecular weight excluding hydrogens is 492 g/mol. The number of carbonyl (C=O) groups excluding carboxylic acids is 2. The maximum Gasteiger partial charge on any atom is 0.324 e. The van der Waals surface area contributed by atoms with Crippen molar-refractivity contribution in [2.75, 3.05) is 12.0 Å². The number of rotatable bonds is 6. The second kappa shape index (κ2) is 8.46. The minimum atomic E-state index is -1.67. The molecule has 2 aromatic carbocycles. The molecule has 0 unspecified atom stereocenters. The molecule has 33 heavy (non-hydrogen) atoms. The van der Waals surface area contributed by atoms with Crippen LogP contribution in [0.1, 0.15) is 31.9 Å². The van der Waals surface area contributed by atoms with Gasteiger partial charge in [0.1, 0.15) is 17.0 Å². The SMILES string of the molecule is COc1ccc(O)c([C@@H]2N[C@](CC(C)C)(C(=O)O)[C@@H]3C(=O)N(c4ccc(Br)cc4)C(=O)[C@H]32)c1. The smallest absolute Gasteiger partial charge is 0.324 e. The van der Waals surface area contributed by atoms with Crippen LogP contribution in [0, 0.1) is 17.8 Å². The fourth-order valence-corrected chi connectivity index (χ4v) is 5.40. The Labute approximate surface area is 199 Å². The van der Waals surface area contributed by atoms with Crippen LogP contribution in [0.2, 0.25) is 0 Å². The molecule has 2 aliphatic heterocycles. The normalized spacial score (nSPS) is 26.7. The van der Waals surface area contributed by atoms with Crippen LogP contribution in [0.25, 0.3) is 0 Å². The van der Waals surface area contributed by atoms with Gasteiger partial charge in [0.05, 0.1) is 24.6 Å². The summed E-state index contributed by atoms with van der Waals surface area (Å²) in [7, 11) is 1.47. The van der Waals surface area contributed by atoms with Crippen LogP contribution in [0.5, 0.6) is 11.5 Å². The molecule has 9 heteroatoms. The van der Waals surface area contributed by atoms with Crippen molar-refractivity contribution in [2.45, 2.75) is 31.8 Å². The van der Waals surface area contributed by atoms with Crippen molar-refractivity contribution in [2.24, 2.45) is 17.8 Å². The number of fused-ring (bicyclic) bond motifs is 1. The van der Waals surface area contributed by atoms with E-state index in [0.29, 0.717) is 17.0 Å². The summed E-state index contributed by atoms with van der Waals surface area (Å²) >= 11 is 3.34. The lowest BCUT2D eigenvalue weighted by atomic mass is 9.75. The summed E-state index contributed by atoms with van der Waals surface area (Å²) in [5.41, 5.74) is -0.981. The van der Waals surface area contributed by atoms with Gasteiger partial charge < -0.3 is 14.9 Å². The highest BCUT2D eigenvalue weighted by atomic mass is 79.9. The number of aliphatic carboxylic acids is 1. The molecule has 0 spiro atoms. The molecule has 0 bridgehead atoms. The Hall–Kier alpha value is -2.91. The lowest BCUT2D eigenvalue weighted by molar-refractivity contribution is -0.149. The number of anilines is 1. The van der Waals surface area contributed by atoms with Crippen molar-refractivity contribution in [1.29, 1.82) is 0 Å². The van der Waals surface area contributed by atoms with Crippen molar-refractivity contribution >= 4 is 39.4 Å². The van der Waals surface area contributed by atoms with Gasteiger partial charge in [-0.2, -0.15) is 0 Å². The van der Waals surface area contributed by atoms with Crippen LogP contribution in [-0.4, -0.2) is 40.6 Å². The lowest BCUT2D eigenvalue weighted by Crippen LogP contribution is -2.56. The maximum absolute atomic E-state index is 13.7. The minimum absolute atomic E-state index is 0.0726. The van der Waals surface area contributed by atoms with E-state index in [4.69, 9.17) is 4.74 Å². The monoisotopic (exact) mass is 516 g/mol. The number of benzene rings is 2. The quantitative estimate of drug-likeness (QED) is 0.503. The first-order valence-corrected chi connectivity index (χ1v) is 11.4. The van der Waals surface area contributed by atoms with Gasteiger partial charge in [0, 0.05) is 16.1 Å². The van der Waals surface area contributed by atoms with E-state index in [9.17, 15) is 24.6 Å². The van der Waals surface area contributed by atoms with Crippen molar-refractivity contribution in [1.82, 2.24) is 5.32 Å². The number of ether oxygens (including phenoxy) is 1. The van der Waals surface area contributed by atoms with Gasteiger partial charge >= 0.3 is 5.97 Å². The largest absolute Gasteiger partial charge is 0.508 e. The Balaban J connectivity index is 1.89. The summed E-state index contributed by atoms with van der Waals surface area (Å²) in [4.78, 5) is 41.1. The summed E-state index contributed by atoms with van der Waals surface area (Å²) in [5, 5.41) is 24.1. The molecule has 0 aliphatic carbocycles. The number of hydrogen-bond acceptors (Lipinski definition) is 6. The van der Waals surface area contributed by atoms with Gasteiger partial charge in [-0.25, -0.2) is 4.90 Å². The third-order valence-corrected chi connectivity index (χ3v) is 6.95. The molecule has 174 valence electrons. The first-order chi connectivity index (χ1) is 15.6. The van der Waals surface area contributed by atoms with Crippen LogP contribution in [-0.2, 0) is 14.4 Å². The molecule has 2 aliphatic rings. The maximum atomic E-state index is 13.7. The molecule has 0 saturated carbocycles. The second-order valence-corrected chi connectivity index (χ2v) is 9.83. The molecule has 2 fully saturated rings. The molecule has 2 aromatic rings. The second-order valence-electron chi connectivity index (χ2n) is 8.91. The highest BCUT2D eigenvalue weighted by molar-refractivity contribution is 9.10. The van der Waals surface area contributed by atoms with E-state index >= 15 is 0 Å². The number of hydrogen-bond donors (Lipinski definition) is 3. The Morgan fingerprint density at radius 3 is 2.42 bits per heavy atom. The van der Waals surface area contributed by atoms with E-state index in [0.717, 1.165) is 9.37 Å². The van der Waals surface area contributed by atoms with E-state index in [-0.39, 0.29) is 18.1 Å². The predicted octanol–water partition coefficient (Wildman–Crippen LogP) is 3.48. The summed E-state index contributed by atoms with van der Waals surface area (Å²) in [6.45, 7) is 3.73. The fourth-order valence-electron chi connectivity index (χ4n) is 5.14. The number of amides is 2. The zero-order valence-electron chi connectivity index (χ0n) is 18.4. The van der Waals surface area contributed by atoms with Crippen LogP contribution >= 0.6 is 15.9 Å². The van der Waals surface area contributed by atoms with E-state index in [1.54, 1.807) is 36.4 Å². The molecule has 2 saturated heterocycles. The Morgan fingerprint density at radius 2 is 1.85 bits per heavy atom. The van der Waals surface area contributed by atoms with Gasteiger partial charge in [-0.05, 0) is 54.8 Å². The Morgan fingerprint density at radius 1 is 1.18 bits per heavy atom.